The summed E-state index contributed by atoms with van der Waals surface area (Å²) in [5, 5.41) is 0. The molecule has 66 valence electrons. The molecule has 0 unspecified atom stereocenters. The van der Waals surface area contributed by atoms with Crippen molar-refractivity contribution in [3.05, 3.63) is 30.1 Å². The summed E-state index contributed by atoms with van der Waals surface area (Å²) in [7, 11) is 0. The second-order valence-corrected chi connectivity index (χ2v) is 3.63. The van der Waals surface area contributed by atoms with Crippen LogP contribution in [0.5, 0.6) is 0 Å². The van der Waals surface area contributed by atoms with Crippen LogP contribution >= 0.6 is 11.5 Å². The van der Waals surface area contributed by atoms with Crippen LogP contribution in [0.4, 0.5) is 5.69 Å². The third-order valence-corrected chi connectivity index (χ3v) is 2.58. The maximum absolute atomic E-state index is 5.73. The molecule has 0 fully saturated rings. The zero-order chi connectivity index (χ0) is 9.26. The topological polar surface area (TPSA) is 51.8 Å². The maximum atomic E-state index is 5.73. The number of pyridine rings is 1. The van der Waals surface area contributed by atoms with E-state index in [9.17, 15) is 0 Å². The number of anilines is 1. The Balaban J connectivity index is 2.53. The Hall–Kier alpha value is -1.42. The van der Waals surface area contributed by atoms with E-state index in [4.69, 9.17) is 5.73 Å². The molecule has 13 heavy (non-hydrogen) atoms. The van der Waals surface area contributed by atoms with Crippen LogP contribution < -0.4 is 5.73 Å². The number of nitrogen functional groups attached to an aromatic ring is 1. The molecule has 0 atom stereocenters. The van der Waals surface area contributed by atoms with Crippen molar-refractivity contribution in [2.75, 3.05) is 5.73 Å². The lowest BCUT2D eigenvalue weighted by molar-refractivity contribution is 1.30. The summed E-state index contributed by atoms with van der Waals surface area (Å²) >= 11 is 1.37. The van der Waals surface area contributed by atoms with Crippen LogP contribution in [0.2, 0.25) is 0 Å². The van der Waals surface area contributed by atoms with Crippen LogP contribution in [0.1, 0.15) is 5.56 Å². The number of hydrogen-bond acceptors (Lipinski definition) is 4. The Bertz CT molecular complexity index is 422. The van der Waals surface area contributed by atoms with Crippen LogP contribution in [-0.2, 0) is 0 Å². The first-order valence-electron chi connectivity index (χ1n) is 3.90. The van der Waals surface area contributed by atoms with Gasteiger partial charge in [0.1, 0.15) is 0 Å². The van der Waals surface area contributed by atoms with E-state index >= 15 is 0 Å². The third kappa shape index (κ3) is 1.53. The molecule has 0 bridgehead atoms. The quantitative estimate of drug-likeness (QED) is 0.751. The Labute approximate surface area is 80.4 Å². The molecule has 3 nitrogen and oxygen atoms in total. The molecule has 0 aromatic carbocycles. The Kier molecular flexibility index (Phi) is 1.98. The van der Waals surface area contributed by atoms with Crippen molar-refractivity contribution in [1.82, 2.24) is 9.36 Å². The van der Waals surface area contributed by atoms with Crippen molar-refractivity contribution in [1.29, 1.82) is 0 Å². The summed E-state index contributed by atoms with van der Waals surface area (Å²) in [5.74, 6) is 0. The highest BCUT2D eigenvalue weighted by Crippen LogP contribution is 2.27. The molecule has 0 radical (unpaired) electrons. The normalized spacial score (nSPS) is 10.2. The largest absolute Gasteiger partial charge is 0.396 e. The molecule has 4 heteroatoms. The monoisotopic (exact) mass is 191 g/mol. The molecule has 0 aliphatic rings. The zero-order valence-corrected chi connectivity index (χ0v) is 8.01. The molecule has 0 aliphatic heterocycles. The fraction of sp³-hybridized carbons (Fsp3) is 0.111. The standard InChI is InChI=1S/C9H9N3S/c1-6-2-3-11-8(4-6)9-7(10)5-12-13-9/h2-5H,10H2,1H3. The van der Waals surface area contributed by atoms with Gasteiger partial charge in [-0.25, -0.2) is 0 Å². The molecule has 0 amide bonds. The van der Waals surface area contributed by atoms with Gasteiger partial charge < -0.3 is 5.73 Å². The minimum Gasteiger partial charge on any atom is -0.396 e. The van der Waals surface area contributed by atoms with Gasteiger partial charge in [-0.1, -0.05) is 0 Å². The molecule has 2 heterocycles. The first-order chi connectivity index (χ1) is 6.27. The van der Waals surface area contributed by atoms with E-state index in [0.29, 0.717) is 5.69 Å². The number of nitrogens with two attached hydrogens (primary N) is 1. The lowest BCUT2D eigenvalue weighted by Gasteiger charge is -1.98. The van der Waals surface area contributed by atoms with Gasteiger partial charge in [0.2, 0.25) is 0 Å². The zero-order valence-electron chi connectivity index (χ0n) is 7.19. The van der Waals surface area contributed by atoms with E-state index in [2.05, 4.69) is 9.36 Å². The van der Waals surface area contributed by atoms with Crippen molar-refractivity contribution in [3.63, 3.8) is 0 Å². The van der Waals surface area contributed by atoms with E-state index in [1.807, 2.05) is 19.1 Å². The van der Waals surface area contributed by atoms with E-state index in [-0.39, 0.29) is 0 Å². The average Bonchev–Trinajstić information content (AvgIpc) is 2.51. The van der Waals surface area contributed by atoms with Gasteiger partial charge >= 0.3 is 0 Å². The van der Waals surface area contributed by atoms with E-state index in [1.165, 1.54) is 17.1 Å². The SMILES string of the molecule is Cc1ccnc(-c2sncc2N)c1. The van der Waals surface area contributed by atoms with Crippen LogP contribution in [-0.4, -0.2) is 9.36 Å². The highest BCUT2D eigenvalue weighted by Gasteiger charge is 2.05. The molecular weight excluding hydrogens is 182 g/mol. The Morgan fingerprint density at radius 1 is 1.46 bits per heavy atom. The van der Waals surface area contributed by atoms with Crippen LogP contribution in [0.3, 0.4) is 0 Å². The predicted octanol–water partition coefficient (Wildman–Crippen LogP) is 2.10. The molecule has 0 aliphatic carbocycles. The molecule has 2 aromatic heterocycles. The second kappa shape index (κ2) is 3.14. The van der Waals surface area contributed by atoms with Gasteiger partial charge in [0.15, 0.2) is 0 Å². The van der Waals surface area contributed by atoms with Crippen molar-refractivity contribution in [2.45, 2.75) is 6.92 Å². The minimum atomic E-state index is 0.697. The summed E-state index contributed by atoms with van der Waals surface area (Å²) in [6, 6.07) is 3.96. The minimum absolute atomic E-state index is 0.697. The summed E-state index contributed by atoms with van der Waals surface area (Å²) in [5.41, 5.74) is 8.51. The molecule has 2 N–H and O–H groups in total. The number of aromatic nitrogens is 2. The Morgan fingerprint density at radius 2 is 2.31 bits per heavy atom. The number of aryl methyl sites for hydroxylation is 1. The van der Waals surface area contributed by atoms with Gasteiger partial charge in [0.25, 0.3) is 0 Å². The summed E-state index contributed by atoms with van der Waals surface area (Å²) in [6.07, 6.45) is 3.44. The van der Waals surface area contributed by atoms with Gasteiger partial charge in [-0.3, -0.25) is 4.98 Å². The van der Waals surface area contributed by atoms with Crippen molar-refractivity contribution >= 4 is 17.2 Å². The molecule has 0 spiro atoms. The van der Waals surface area contributed by atoms with Crippen molar-refractivity contribution < 1.29 is 0 Å². The predicted molar refractivity (Wildman–Crippen MR) is 54.5 cm³/mol. The van der Waals surface area contributed by atoms with Crippen LogP contribution in [0.15, 0.2) is 24.5 Å². The van der Waals surface area contributed by atoms with Crippen molar-refractivity contribution in [3.8, 4) is 10.6 Å². The molecular formula is C9H9N3S. The van der Waals surface area contributed by atoms with E-state index < -0.39 is 0 Å². The third-order valence-electron chi connectivity index (χ3n) is 1.75. The van der Waals surface area contributed by atoms with E-state index in [1.54, 1.807) is 12.4 Å². The highest BCUT2D eigenvalue weighted by molar-refractivity contribution is 7.10. The number of rotatable bonds is 1. The van der Waals surface area contributed by atoms with Gasteiger partial charge in [-0.05, 0) is 36.2 Å². The van der Waals surface area contributed by atoms with Crippen LogP contribution in [0.25, 0.3) is 10.6 Å². The fourth-order valence-corrected chi connectivity index (χ4v) is 1.74. The summed E-state index contributed by atoms with van der Waals surface area (Å²) in [6.45, 7) is 2.03. The fourth-order valence-electron chi connectivity index (χ4n) is 1.10. The Morgan fingerprint density at radius 3 is 2.92 bits per heavy atom. The van der Waals surface area contributed by atoms with E-state index in [0.717, 1.165) is 10.6 Å². The summed E-state index contributed by atoms with van der Waals surface area (Å²) in [4.78, 5) is 5.18. The highest BCUT2D eigenvalue weighted by atomic mass is 32.1. The first kappa shape index (κ1) is 8.19. The first-order valence-corrected chi connectivity index (χ1v) is 4.68. The lowest BCUT2D eigenvalue weighted by atomic mass is 10.2. The average molecular weight is 191 g/mol. The van der Waals surface area contributed by atoms with Crippen LogP contribution in [0, 0.1) is 6.92 Å². The number of hydrogen-bond donors (Lipinski definition) is 1. The molecule has 0 saturated carbocycles. The van der Waals surface area contributed by atoms with Gasteiger partial charge in [-0.2, -0.15) is 4.37 Å². The van der Waals surface area contributed by atoms with Crippen molar-refractivity contribution in [2.24, 2.45) is 0 Å². The van der Waals surface area contributed by atoms with Gasteiger partial charge in [0.05, 0.1) is 22.5 Å². The van der Waals surface area contributed by atoms with Gasteiger partial charge in [-0.15, -0.1) is 0 Å². The number of nitrogens with zero attached hydrogens (tertiary/aromatic N) is 2. The molecule has 0 saturated heterocycles. The molecule has 2 aromatic rings. The lowest BCUT2D eigenvalue weighted by Crippen LogP contribution is -1.86. The molecule has 2 rings (SSSR count). The maximum Gasteiger partial charge on any atom is 0.0963 e. The second-order valence-electron chi connectivity index (χ2n) is 2.83. The summed E-state index contributed by atoms with van der Waals surface area (Å²) < 4.78 is 4.00. The smallest absolute Gasteiger partial charge is 0.0963 e. The van der Waals surface area contributed by atoms with Gasteiger partial charge in [0, 0.05) is 6.20 Å².